The highest BCUT2D eigenvalue weighted by molar-refractivity contribution is 5.82. The van der Waals surface area contributed by atoms with Gasteiger partial charge in [0, 0.05) is 24.7 Å². The van der Waals surface area contributed by atoms with Crippen LogP contribution in [0.4, 0.5) is 13.2 Å². The molecule has 1 amide bonds. The number of carbonyl (C=O) groups excluding carboxylic acids is 1. The first-order chi connectivity index (χ1) is 10.9. The Kier molecular flexibility index (Phi) is 4.24. The fraction of sp³-hybridized carbons (Fsp3) is 0.412. The van der Waals surface area contributed by atoms with Crippen LogP contribution >= 0.6 is 0 Å². The van der Waals surface area contributed by atoms with E-state index in [9.17, 15) is 18.0 Å². The molecule has 3 rings (SSSR count). The van der Waals surface area contributed by atoms with Gasteiger partial charge in [0.2, 0.25) is 5.91 Å². The third-order valence-electron chi connectivity index (χ3n) is 4.24. The molecule has 2 aromatic rings. The molecule has 0 spiro atoms. The maximum Gasteiger partial charge on any atom is 0.397 e. The van der Waals surface area contributed by atoms with Gasteiger partial charge in [-0.2, -0.15) is 13.2 Å². The Labute approximate surface area is 132 Å². The van der Waals surface area contributed by atoms with Gasteiger partial charge >= 0.3 is 6.18 Å². The van der Waals surface area contributed by atoms with Crippen molar-refractivity contribution < 1.29 is 18.0 Å². The molecule has 23 heavy (non-hydrogen) atoms. The highest BCUT2D eigenvalue weighted by Gasteiger charge is 2.35. The fourth-order valence-electron chi connectivity index (χ4n) is 3.15. The summed E-state index contributed by atoms with van der Waals surface area (Å²) < 4.78 is 37.0. The minimum Gasteiger partial charge on any atom is -0.342 e. The smallest absolute Gasteiger partial charge is 0.342 e. The Hall–Kier alpha value is -2.11. The van der Waals surface area contributed by atoms with E-state index in [0.29, 0.717) is 13.1 Å². The number of nitrogens with zero attached hydrogens (tertiary/aromatic N) is 2. The Balaban J connectivity index is 1.67. The SMILES string of the molecule is O=C(CC(F)(F)F)N1CCC(Cc2ccnc3ccccc23)C1. The molecule has 0 saturated carbocycles. The van der Waals surface area contributed by atoms with Crippen molar-refractivity contribution in [3.8, 4) is 0 Å². The average molecular weight is 322 g/mol. The van der Waals surface area contributed by atoms with Crippen LogP contribution in [-0.2, 0) is 11.2 Å². The molecule has 1 fully saturated rings. The lowest BCUT2D eigenvalue weighted by atomic mass is 9.96. The molecule has 2 heterocycles. The van der Waals surface area contributed by atoms with E-state index in [4.69, 9.17) is 0 Å². The van der Waals surface area contributed by atoms with E-state index in [1.54, 1.807) is 6.20 Å². The lowest BCUT2D eigenvalue weighted by Crippen LogP contribution is -2.32. The van der Waals surface area contributed by atoms with Crippen LogP contribution in [0.5, 0.6) is 0 Å². The number of fused-ring (bicyclic) bond motifs is 1. The van der Waals surface area contributed by atoms with Gasteiger partial charge in [-0.15, -0.1) is 0 Å². The molecule has 6 heteroatoms. The summed E-state index contributed by atoms with van der Waals surface area (Å²) in [7, 11) is 0. The predicted molar refractivity (Wildman–Crippen MR) is 80.8 cm³/mol. The van der Waals surface area contributed by atoms with Crippen molar-refractivity contribution in [1.29, 1.82) is 0 Å². The molecule has 1 saturated heterocycles. The van der Waals surface area contributed by atoms with Gasteiger partial charge in [-0.1, -0.05) is 18.2 Å². The van der Waals surface area contributed by atoms with Crippen LogP contribution in [0.2, 0.25) is 0 Å². The summed E-state index contributed by atoms with van der Waals surface area (Å²) in [6, 6.07) is 9.75. The second-order valence-corrected chi connectivity index (χ2v) is 5.98. The van der Waals surface area contributed by atoms with Gasteiger partial charge in [0.1, 0.15) is 6.42 Å². The third kappa shape index (κ3) is 3.81. The van der Waals surface area contributed by atoms with Crippen LogP contribution in [0.3, 0.4) is 0 Å². The van der Waals surface area contributed by atoms with Crippen molar-refractivity contribution >= 4 is 16.8 Å². The standard InChI is InChI=1S/C17H17F3N2O/c18-17(19,20)10-16(23)22-8-6-12(11-22)9-13-5-7-21-15-4-2-1-3-14(13)15/h1-5,7,12H,6,8-11H2. The summed E-state index contributed by atoms with van der Waals surface area (Å²) >= 11 is 0. The molecule has 0 aliphatic carbocycles. The molecule has 1 atom stereocenters. The molecule has 1 aromatic carbocycles. The highest BCUT2D eigenvalue weighted by Crippen LogP contribution is 2.27. The monoisotopic (exact) mass is 322 g/mol. The molecule has 0 bridgehead atoms. The summed E-state index contributed by atoms with van der Waals surface area (Å²) in [5.74, 6) is -0.627. The van der Waals surface area contributed by atoms with Crippen LogP contribution < -0.4 is 0 Å². The first kappa shape index (κ1) is 15.8. The van der Waals surface area contributed by atoms with E-state index < -0.39 is 18.5 Å². The second kappa shape index (κ2) is 6.18. The maximum atomic E-state index is 12.3. The normalized spacial score (nSPS) is 18.6. The first-order valence-corrected chi connectivity index (χ1v) is 7.59. The molecule has 0 radical (unpaired) electrons. The lowest BCUT2D eigenvalue weighted by Gasteiger charge is -2.18. The maximum absolute atomic E-state index is 12.3. The largest absolute Gasteiger partial charge is 0.397 e. The summed E-state index contributed by atoms with van der Waals surface area (Å²) in [6.07, 6.45) is -2.56. The number of rotatable bonds is 3. The van der Waals surface area contributed by atoms with Crippen LogP contribution in [0, 0.1) is 5.92 Å². The van der Waals surface area contributed by atoms with E-state index in [0.717, 1.165) is 29.3 Å². The number of hydrogen-bond donors (Lipinski definition) is 0. The van der Waals surface area contributed by atoms with Crippen LogP contribution in [0.1, 0.15) is 18.4 Å². The lowest BCUT2D eigenvalue weighted by molar-refractivity contribution is -0.160. The molecular formula is C17H17F3N2O. The molecule has 3 nitrogen and oxygen atoms in total. The number of aromatic nitrogens is 1. The summed E-state index contributed by atoms with van der Waals surface area (Å²) in [4.78, 5) is 17.3. The van der Waals surface area contributed by atoms with E-state index >= 15 is 0 Å². The predicted octanol–water partition coefficient (Wildman–Crippen LogP) is 3.58. The van der Waals surface area contributed by atoms with E-state index in [2.05, 4.69) is 4.98 Å². The quantitative estimate of drug-likeness (QED) is 0.865. The second-order valence-electron chi connectivity index (χ2n) is 5.98. The van der Waals surface area contributed by atoms with Crippen molar-refractivity contribution in [3.05, 3.63) is 42.1 Å². The number of para-hydroxylation sites is 1. The minimum atomic E-state index is -4.43. The zero-order chi connectivity index (χ0) is 16.4. The van der Waals surface area contributed by atoms with Gasteiger partial charge in [0.05, 0.1) is 5.52 Å². The minimum absolute atomic E-state index is 0.193. The fourth-order valence-corrected chi connectivity index (χ4v) is 3.15. The van der Waals surface area contributed by atoms with Crippen LogP contribution in [0.25, 0.3) is 10.9 Å². The number of alkyl halides is 3. The van der Waals surface area contributed by atoms with Gasteiger partial charge in [-0.05, 0) is 36.5 Å². The van der Waals surface area contributed by atoms with Gasteiger partial charge in [-0.3, -0.25) is 9.78 Å². The van der Waals surface area contributed by atoms with Crippen LogP contribution in [-0.4, -0.2) is 35.1 Å². The Morgan fingerprint density at radius 1 is 1.26 bits per heavy atom. The van der Waals surface area contributed by atoms with Crippen molar-refractivity contribution in [3.63, 3.8) is 0 Å². The number of benzene rings is 1. The van der Waals surface area contributed by atoms with Crippen molar-refractivity contribution in [2.75, 3.05) is 13.1 Å². The zero-order valence-electron chi connectivity index (χ0n) is 12.5. The molecule has 1 aliphatic rings. The highest BCUT2D eigenvalue weighted by atomic mass is 19.4. The van der Waals surface area contributed by atoms with Gasteiger partial charge in [-0.25, -0.2) is 0 Å². The zero-order valence-corrected chi connectivity index (χ0v) is 12.5. The Morgan fingerprint density at radius 3 is 2.83 bits per heavy atom. The van der Waals surface area contributed by atoms with Crippen molar-refractivity contribution in [1.82, 2.24) is 9.88 Å². The number of pyridine rings is 1. The Bertz CT molecular complexity index is 709. The van der Waals surface area contributed by atoms with E-state index in [-0.39, 0.29) is 5.92 Å². The summed E-state index contributed by atoms with van der Waals surface area (Å²) in [5.41, 5.74) is 2.04. The number of hydrogen-bond acceptors (Lipinski definition) is 2. The number of likely N-dealkylation sites (tertiary alicyclic amines) is 1. The van der Waals surface area contributed by atoms with Crippen LogP contribution in [0.15, 0.2) is 36.5 Å². The van der Waals surface area contributed by atoms with Gasteiger partial charge < -0.3 is 4.90 Å². The molecule has 0 N–H and O–H groups in total. The number of carbonyl (C=O) groups is 1. The molecule has 1 aliphatic heterocycles. The third-order valence-corrected chi connectivity index (χ3v) is 4.24. The van der Waals surface area contributed by atoms with Gasteiger partial charge in [0.25, 0.3) is 0 Å². The molecule has 122 valence electrons. The first-order valence-electron chi connectivity index (χ1n) is 7.59. The van der Waals surface area contributed by atoms with E-state index in [1.165, 1.54) is 4.90 Å². The van der Waals surface area contributed by atoms with Gasteiger partial charge in [0.15, 0.2) is 0 Å². The molecular weight excluding hydrogens is 305 g/mol. The van der Waals surface area contributed by atoms with Crippen molar-refractivity contribution in [2.45, 2.75) is 25.4 Å². The average Bonchev–Trinajstić information content (AvgIpc) is 2.95. The topological polar surface area (TPSA) is 33.2 Å². The Morgan fingerprint density at radius 2 is 2.04 bits per heavy atom. The summed E-state index contributed by atoms with van der Waals surface area (Å²) in [5, 5.41) is 1.06. The number of amides is 1. The molecule has 1 aromatic heterocycles. The summed E-state index contributed by atoms with van der Waals surface area (Å²) in [6.45, 7) is 0.800. The van der Waals surface area contributed by atoms with Crippen molar-refractivity contribution in [2.24, 2.45) is 5.92 Å². The van der Waals surface area contributed by atoms with E-state index in [1.807, 2.05) is 30.3 Å². The number of halogens is 3. The molecule has 1 unspecified atom stereocenters.